The van der Waals surface area contributed by atoms with Crippen molar-refractivity contribution in [2.45, 2.75) is 33.0 Å². The standard InChI is InChI=1S/C27H27Cl3FN5O4.C4H9F/c28-17-2-1-16(20(29)11-17)13-33-27(39)19-14-32-24-18(26(19)38)12-21(31)25(23(24)30)36-5-3-34(4-6-36)15-22(37)35-7-9-40-10-8-35;1-3-4(2)5/h1-2,11-12,14H,3-10,13,15H2,(H,32,38)(H,33,39);4H,3H2,1-2H3/t;4-/m.0/s1. The molecule has 2 aliphatic rings. The fraction of sp³-hybridized carbons (Fsp3) is 0.452. The lowest BCUT2D eigenvalue weighted by Gasteiger charge is -2.37. The number of hydrogen-bond acceptors (Lipinski definition) is 6. The van der Waals surface area contributed by atoms with Crippen LogP contribution in [0, 0.1) is 5.82 Å². The molecule has 2 fully saturated rings. The average molecular weight is 687 g/mol. The van der Waals surface area contributed by atoms with Crippen LogP contribution in [0.5, 0.6) is 0 Å². The highest BCUT2D eigenvalue weighted by atomic mass is 35.5. The Balaban J connectivity index is 0.000000854. The third kappa shape index (κ3) is 8.86. The molecule has 0 saturated carbocycles. The molecule has 0 bridgehead atoms. The number of nitrogens with one attached hydrogen (secondary N) is 2. The van der Waals surface area contributed by atoms with Gasteiger partial charge in [0.1, 0.15) is 11.4 Å². The number of pyridine rings is 1. The summed E-state index contributed by atoms with van der Waals surface area (Å²) in [4.78, 5) is 47.1. The maximum absolute atomic E-state index is 15.4. The molecule has 3 heterocycles. The van der Waals surface area contributed by atoms with E-state index in [0.717, 1.165) is 6.07 Å². The number of anilines is 1. The van der Waals surface area contributed by atoms with Gasteiger partial charge in [-0.3, -0.25) is 19.3 Å². The molecule has 3 aromatic rings. The van der Waals surface area contributed by atoms with E-state index < -0.39 is 23.3 Å². The number of halogens is 5. The number of benzene rings is 2. The van der Waals surface area contributed by atoms with Crippen LogP contribution in [0.4, 0.5) is 14.5 Å². The maximum Gasteiger partial charge on any atom is 0.257 e. The minimum Gasteiger partial charge on any atom is -0.378 e. The van der Waals surface area contributed by atoms with Gasteiger partial charge in [0.2, 0.25) is 11.3 Å². The number of aromatic nitrogens is 1. The van der Waals surface area contributed by atoms with Crippen molar-refractivity contribution in [3.63, 3.8) is 0 Å². The van der Waals surface area contributed by atoms with Crippen molar-refractivity contribution in [1.82, 2.24) is 20.1 Å². The van der Waals surface area contributed by atoms with Crippen LogP contribution in [-0.4, -0.2) is 91.8 Å². The van der Waals surface area contributed by atoms with Crippen LogP contribution in [0.2, 0.25) is 15.1 Å². The molecule has 244 valence electrons. The number of carbonyl (C=O) groups is 2. The summed E-state index contributed by atoms with van der Waals surface area (Å²) in [5, 5.41) is 3.53. The first-order valence-electron chi connectivity index (χ1n) is 14.7. The molecule has 1 atom stereocenters. The van der Waals surface area contributed by atoms with Crippen LogP contribution in [0.15, 0.2) is 35.3 Å². The summed E-state index contributed by atoms with van der Waals surface area (Å²) in [6.45, 7) is 8.04. The number of morpholine rings is 1. The Morgan fingerprint density at radius 3 is 2.36 bits per heavy atom. The largest absolute Gasteiger partial charge is 0.378 e. The summed E-state index contributed by atoms with van der Waals surface area (Å²) >= 11 is 18.7. The van der Waals surface area contributed by atoms with Gasteiger partial charge in [0.25, 0.3) is 5.91 Å². The van der Waals surface area contributed by atoms with E-state index in [1.165, 1.54) is 6.20 Å². The van der Waals surface area contributed by atoms with E-state index in [-0.39, 0.29) is 39.6 Å². The summed E-state index contributed by atoms with van der Waals surface area (Å²) in [6, 6.07) is 5.98. The zero-order valence-electron chi connectivity index (χ0n) is 25.1. The Kier molecular flexibility index (Phi) is 12.4. The number of hydrogen-bond donors (Lipinski definition) is 2. The molecule has 1 aromatic heterocycles. The number of rotatable bonds is 7. The highest BCUT2D eigenvalue weighted by Crippen LogP contribution is 2.35. The summed E-state index contributed by atoms with van der Waals surface area (Å²) in [5.74, 6) is -1.25. The van der Waals surface area contributed by atoms with Crippen LogP contribution in [0.25, 0.3) is 10.9 Å². The number of H-pyrrole nitrogens is 1. The number of amides is 2. The molecule has 9 nitrogen and oxygen atoms in total. The van der Waals surface area contributed by atoms with Crippen LogP contribution in [0.3, 0.4) is 0 Å². The minimum absolute atomic E-state index is 0.0295. The fourth-order valence-electron chi connectivity index (χ4n) is 4.91. The topological polar surface area (TPSA) is 98.0 Å². The zero-order valence-corrected chi connectivity index (χ0v) is 27.4. The van der Waals surface area contributed by atoms with Gasteiger partial charge in [-0.2, -0.15) is 0 Å². The second kappa shape index (κ2) is 16.0. The molecule has 2 aromatic carbocycles. The Bertz CT molecular complexity index is 1580. The predicted octanol–water partition coefficient (Wildman–Crippen LogP) is 5.29. The summed E-state index contributed by atoms with van der Waals surface area (Å²) in [5.41, 5.74) is 0.219. The van der Waals surface area contributed by atoms with Crippen molar-refractivity contribution in [3.8, 4) is 0 Å². The predicted molar refractivity (Wildman–Crippen MR) is 174 cm³/mol. The number of nitrogens with zero attached hydrogens (tertiary/aromatic N) is 3. The third-order valence-electron chi connectivity index (χ3n) is 7.72. The summed E-state index contributed by atoms with van der Waals surface area (Å²) in [6.07, 6.45) is 1.29. The van der Waals surface area contributed by atoms with E-state index >= 15 is 4.39 Å². The summed E-state index contributed by atoms with van der Waals surface area (Å²) in [7, 11) is 0. The number of fused-ring (bicyclic) bond motifs is 1. The molecule has 2 amide bonds. The number of aromatic amines is 1. The highest BCUT2D eigenvalue weighted by Gasteiger charge is 2.27. The van der Waals surface area contributed by atoms with Crippen molar-refractivity contribution in [3.05, 3.63) is 72.7 Å². The lowest BCUT2D eigenvalue weighted by Crippen LogP contribution is -2.51. The molecule has 5 rings (SSSR count). The van der Waals surface area contributed by atoms with E-state index in [2.05, 4.69) is 10.3 Å². The molecular weight excluding hydrogens is 651 g/mol. The first-order chi connectivity index (χ1) is 21.5. The smallest absolute Gasteiger partial charge is 0.257 e. The first-order valence-corrected chi connectivity index (χ1v) is 15.9. The van der Waals surface area contributed by atoms with Crippen molar-refractivity contribution in [1.29, 1.82) is 0 Å². The highest BCUT2D eigenvalue weighted by molar-refractivity contribution is 6.38. The van der Waals surface area contributed by atoms with Gasteiger partial charge in [-0.15, -0.1) is 0 Å². The normalized spacial score (nSPS) is 16.2. The first kappa shape index (κ1) is 34.9. The van der Waals surface area contributed by atoms with Gasteiger partial charge in [0.15, 0.2) is 0 Å². The van der Waals surface area contributed by atoms with Gasteiger partial charge < -0.3 is 24.8 Å². The lowest BCUT2D eigenvalue weighted by molar-refractivity contribution is -0.136. The van der Waals surface area contributed by atoms with Crippen molar-refractivity contribution in [2.75, 3.05) is 63.9 Å². The molecule has 14 heteroatoms. The quantitative estimate of drug-likeness (QED) is 0.351. The SMILES string of the molecule is CC[C@H](C)F.O=C(NCc1ccc(Cl)cc1Cl)c1c[nH]c2c(Cl)c(N3CCN(CC(=O)N4CCOCC4)CC3)c(F)cc2c1=O. The van der Waals surface area contributed by atoms with Crippen LogP contribution in [-0.2, 0) is 16.1 Å². The van der Waals surface area contributed by atoms with Crippen molar-refractivity contribution < 1.29 is 23.1 Å². The van der Waals surface area contributed by atoms with Gasteiger partial charge in [-0.25, -0.2) is 8.78 Å². The van der Waals surface area contributed by atoms with Crippen molar-refractivity contribution >= 4 is 63.2 Å². The van der Waals surface area contributed by atoms with Crippen LogP contribution in [0.1, 0.15) is 36.2 Å². The molecule has 2 saturated heterocycles. The minimum atomic E-state index is -0.661. The van der Waals surface area contributed by atoms with Crippen molar-refractivity contribution in [2.24, 2.45) is 0 Å². The monoisotopic (exact) mass is 685 g/mol. The Hall–Kier alpha value is -2.96. The molecule has 0 unspecified atom stereocenters. The van der Waals surface area contributed by atoms with Gasteiger partial charge in [0, 0.05) is 62.1 Å². The van der Waals surface area contributed by atoms with E-state index in [1.54, 1.807) is 30.0 Å². The second-order valence-electron chi connectivity index (χ2n) is 10.8. The number of ether oxygens (including phenoxy) is 1. The molecule has 0 radical (unpaired) electrons. The Morgan fingerprint density at radius 2 is 1.73 bits per heavy atom. The molecule has 0 aliphatic carbocycles. The van der Waals surface area contributed by atoms with Gasteiger partial charge in [-0.1, -0.05) is 47.8 Å². The van der Waals surface area contributed by atoms with E-state index in [0.29, 0.717) is 81.1 Å². The van der Waals surface area contributed by atoms with Crippen LogP contribution >= 0.6 is 34.8 Å². The molecule has 0 spiro atoms. The van der Waals surface area contributed by atoms with Gasteiger partial charge in [-0.05, 0) is 37.1 Å². The number of piperazine rings is 1. The second-order valence-corrected chi connectivity index (χ2v) is 12.1. The molecule has 2 N–H and O–H groups in total. The zero-order chi connectivity index (χ0) is 32.7. The lowest BCUT2D eigenvalue weighted by atomic mass is 10.1. The van der Waals surface area contributed by atoms with Crippen LogP contribution < -0.4 is 15.6 Å². The Morgan fingerprint density at radius 1 is 1.07 bits per heavy atom. The third-order valence-corrected chi connectivity index (χ3v) is 8.67. The van der Waals surface area contributed by atoms with Gasteiger partial charge >= 0.3 is 0 Å². The molecular formula is C31H36Cl3F2N5O4. The summed E-state index contributed by atoms with van der Waals surface area (Å²) < 4.78 is 32.1. The van der Waals surface area contributed by atoms with E-state index in [4.69, 9.17) is 39.5 Å². The maximum atomic E-state index is 15.4. The fourth-order valence-corrected chi connectivity index (χ4v) is 5.75. The average Bonchev–Trinajstić information content (AvgIpc) is 3.02. The number of carbonyl (C=O) groups excluding carboxylic acids is 2. The molecule has 2 aliphatic heterocycles. The van der Waals surface area contributed by atoms with E-state index in [9.17, 15) is 18.8 Å². The van der Waals surface area contributed by atoms with E-state index in [1.807, 2.05) is 16.7 Å². The Labute approximate surface area is 275 Å². The molecule has 45 heavy (non-hydrogen) atoms. The number of alkyl halides is 1. The van der Waals surface area contributed by atoms with Gasteiger partial charge in [0.05, 0.1) is 47.5 Å².